The van der Waals surface area contributed by atoms with Crippen LogP contribution in [-0.2, 0) is 0 Å². The second kappa shape index (κ2) is 4.63. The molecule has 0 saturated carbocycles. The van der Waals surface area contributed by atoms with Crippen LogP contribution in [0.5, 0.6) is 0 Å². The van der Waals surface area contributed by atoms with E-state index in [9.17, 15) is 0 Å². The van der Waals surface area contributed by atoms with Crippen molar-refractivity contribution in [3.63, 3.8) is 0 Å². The first kappa shape index (κ1) is 11.1. The number of halogens is 1. The first-order valence-electron chi connectivity index (χ1n) is 4.40. The quantitative estimate of drug-likeness (QED) is 0.651. The van der Waals surface area contributed by atoms with Crippen LogP contribution >= 0.6 is 23.4 Å². The van der Waals surface area contributed by atoms with Crippen LogP contribution in [0, 0.1) is 6.92 Å². The van der Waals surface area contributed by atoms with Gasteiger partial charge >= 0.3 is 0 Å². The van der Waals surface area contributed by atoms with Crippen LogP contribution in [0.25, 0.3) is 0 Å². The Hall–Kier alpha value is -1.40. The molecule has 2 heterocycles. The van der Waals surface area contributed by atoms with Crippen molar-refractivity contribution in [2.75, 3.05) is 5.73 Å². The molecular formula is C9H8ClN5S. The Morgan fingerprint density at radius 1 is 1.38 bits per heavy atom. The maximum atomic E-state index is 5.85. The summed E-state index contributed by atoms with van der Waals surface area (Å²) in [6.07, 6.45) is 3.12. The third kappa shape index (κ3) is 2.40. The van der Waals surface area contributed by atoms with E-state index < -0.39 is 0 Å². The summed E-state index contributed by atoms with van der Waals surface area (Å²) in [5.74, 6) is 0. The molecule has 0 spiro atoms. The van der Waals surface area contributed by atoms with E-state index in [0.29, 0.717) is 16.4 Å². The largest absolute Gasteiger partial charge is 0.395 e. The summed E-state index contributed by atoms with van der Waals surface area (Å²) >= 11 is 7.10. The second-order valence-electron chi connectivity index (χ2n) is 2.95. The zero-order valence-corrected chi connectivity index (χ0v) is 9.96. The van der Waals surface area contributed by atoms with E-state index >= 15 is 0 Å². The van der Waals surface area contributed by atoms with Crippen molar-refractivity contribution < 1.29 is 0 Å². The fourth-order valence-corrected chi connectivity index (χ4v) is 2.12. The Labute approximate surface area is 101 Å². The molecule has 0 aromatic carbocycles. The molecule has 0 aliphatic heterocycles. The van der Waals surface area contributed by atoms with E-state index in [1.165, 1.54) is 18.1 Å². The van der Waals surface area contributed by atoms with Crippen molar-refractivity contribution in [2.45, 2.75) is 17.0 Å². The van der Waals surface area contributed by atoms with Crippen molar-refractivity contribution >= 4 is 29.1 Å². The van der Waals surface area contributed by atoms with Gasteiger partial charge in [-0.05, 0) is 36.4 Å². The topological polar surface area (TPSA) is 77.6 Å². The number of nitrogens with two attached hydrogens (primary N) is 1. The lowest BCUT2D eigenvalue weighted by molar-refractivity contribution is 1.00. The molecule has 2 aromatic rings. The Bertz CT molecular complexity index is 505. The van der Waals surface area contributed by atoms with Crippen LogP contribution in [0.4, 0.5) is 5.69 Å². The molecule has 82 valence electrons. The zero-order valence-electron chi connectivity index (χ0n) is 8.38. The molecule has 0 atom stereocenters. The van der Waals surface area contributed by atoms with Gasteiger partial charge in [0.15, 0.2) is 0 Å². The van der Waals surface area contributed by atoms with Crippen LogP contribution in [-0.4, -0.2) is 19.9 Å². The first-order valence-corrected chi connectivity index (χ1v) is 5.60. The lowest BCUT2D eigenvalue weighted by Gasteiger charge is -2.05. The van der Waals surface area contributed by atoms with Gasteiger partial charge in [-0.1, -0.05) is 0 Å². The van der Waals surface area contributed by atoms with E-state index in [2.05, 4.69) is 19.9 Å². The predicted molar refractivity (Wildman–Crippen MR) is 62.3 cm³/mol. The highest BCUT2D eigenvalue weighted by molar-refractivity contribution is 7.99. The maximum absolute atomic E-state index is 5.85. The lowest BCUT2D eigenvalue weighted by Crippen LogP contribution is -1.99. The molecule has 0 saturated heterocycles. The molecule has 2 N–H and O–H groups in total. The number of nitrogens with zero attached hydrogens (tertiary/aromatic N) is 4. The SMILES string of the molecule is Cc1nc(Cl)nc(Sc2ccncn2)c1N. The fraction of sp³-hybridized carbons (Fsp3) is 0.111. The predicted octanol–water partition coefficient (Wildman–Crippen LogP) is 1.96. The van der Waals surface area contributed by atoms with Crippen molar-refractivity contribution in [1.29, 1.82) is 0 Å². The smallest absolute Gasteiger partial charge is 0.223 e. The fourth-order valence-electron chi connectivity index (χ4n) is 1.04. The summed E-state index contributed by atoms with van der Waals surface area (Å²) in [7, 11) is 0. The maximum Gasteiger partial charge on any atom is 0.223 e. The van der Waals surface area contributed by atoms with Gasteiger partial charge in [0, 0.05) is 6.20 Å². The first-order chi connectivity index (χ1) is 7.66. The minimum atomic E-state index is 0.184. The molecule has 0 unspecified atom stereocenters. The third-order valence-corrected chi connectivity index (χ3v) is 2.95. The number of rotatable bonds is 2. The molecule has 0 amide bonds. The number of anilines is 1. The average Bonchev–Trinajstić information content (AvgIpc) is 2.27. The molecule has 0 aliphatic rings. The number of aryl methyl sites for hydroxylation is 1. The Morgan fingerprint density at radius 2 is 2.19 bits per heavy atom. The lowest BCUT2D eigenvalue weighted by atomic mass is 10.4. The molecule has 0 aliphatic carbocycles. The van der Waals surface area contributed by atoms with Crippen LogP contribution in [0.3, 0.4) is 0 Å². The molecule has 16 heavy (non-hydrogen) atoms. The Balaban J connectivity index is 2.35. The van der Waals surface area contributed by atoms with E-state index in [-0.39, 0.29) is 5.28 Å². The number of hydrogen-bond acceptors (Lipinski definition) is 6. The highest BCUT2D eigenvalue weighted by Gasteiger charge is 2.09. The minimum absolute atomic E-state index is 0.184. The number of hydrogen-bond donors (Lipinski definition) is 1. The summed E-state index contributed by atoms with van der Waals surface area (Å²) in [5.41, 5.74) is 7.04. The Morgan fingerprint density at radius 3 is 2.88 bits per heavy atom. The molecule has 5 nitrogen and oxygen atoms in total. The minimum Gasteiger partial charge on any atom is -0.395 e. The zero-order chi connectivity index (χ0) is 11.5. The van der Waals surface area contributed by atoms with Crippen LogP contribution in [0.1, 0.15) is 5.69 Å². The van der Waals surface area contributed by atoms with Gasteiger partial charge in [-0.3, -0.25) is 0 Å². The summed E-state index contributed by atoms with van der Waals surface area (Å²) in [6.45, 7) is 1.78. The van der Waals surface area contributed by atoms with Gasteiger partial charge in [-0.25, -0.2) is 19.9 Å². The van der Waals surface area contributed by atoms with Gasteiger partial charge in [0.2, 0.25) is 5.28 Å². The molecule has 2 rings (SSSR count). The summed E-state index contributed by atoms with van der Waals surface area (Å²) in [5, 5.41) is 1.55. The van der Waals surface area contributed by atoms with Gasteiger partial charge in [0.25, 0.3) is 0 Å². The van der Waals surface area contributed by atoms with E-state index in [1.54, 1.807) is 19.2 Å². The molecule has 0 fully saturated rings. The van der Waals surface area contributed by atoms with Gasteiger partial charge < -0.3 is 5.73 Å². The summed E-state index contributed by atoms with van der Waals surface area (Å²) in [4.78, 5) is 15.9. The van der Waals surface area contributed by atoms with Gasteiger partial charge in [-0.15, -0.1) is 0 Å². The monoisotopic (exact) mass is 253 g/mol. The Kier molecular flexibility index (Phi) is 3.21. The number of nitrogen functional groups attached to an aromatic ring is 1. The highest BCUT2D eigenvalue weighted by atomic mass is 35.5. The molecule has 0 radical (unpaired) electrons. The van der Waals surface area contributed by atoms with Crippen molar-refractivity contribution in [2.24, 2.45) is 0 Å². The molecule has 7 heteroatoms. The van der Waals surface area contributed by atoms with Crippen molar-refractivity contribution in [3.8, 4) is 0 Å². The van der Waals surface area contributed by atoms with E-state index in [0.717, 1.165) is 5.03 Å². The van der Waals surface area contributed by atoms with Crippen LogP contribution in [0.2, 0.25) is 5.28 Å². The summed E-state index contributed by atoms with van der Waals surface area (Å²) in [6, 6.07) is 1.77. The van der Waals surface area contributed by atoms with Crippen molar-refractivity contribution in [1.82, 2.24) is 19.9 Å². The number of aromatic nitrogens is 4. The van der Waals surface area contributed by atoms with Gasteiger partial charge in [0.1, 0.15) is 16.4 Å². The van der Waals surface area contributed by atoms with Gasteiger partial charge in [0.05, 0.1) is 11.4 Å². The van der Waals surface area contributed by atoms with Crippen molar-refractivity contribution in [3.05, 3.63) is 29.6 Å². The van der Waals surface area contributed by atoms with E-state index in [4.69, 9.17) is 17.3 Å². The molecular weight excluding hydrogens is 246 g/mol. The van der Waals surface area contributed by atoms with Gasteiger partial charge in [-0.2, -0.15) is 0 Å². The van der Waals surface area contributed by atoms with Crippen LogP contribution < -0.4 is 5.73 Å². The average molecular weight is 254 g/mol. The normalized spacial score (nSPS) is 10.4. The van der Waals surface area contributed by atoms with Crippen LogP contribution in [0.15, 0.2) is 28.6 Å². The second-order valence-corrected chi connectivity index (χ2v) is 4.29. The molecule has 2 aromatic heterocycles. The summed E-state index contributed by atoms with van der Waals surface area (Å²) < 4.78 is 0. The molecule has 0 bridgehead atoms. The van der Waals surface area contributed by atoms with E-state index in [1.807, 2.05) is 0 Å². The third-order valence-electron chi connectivity index (χ3n) is 1.83. The standard InChI is InChI=1S/C9H8ClN5S/c1-5-7(11)8(15-9(10)14-5)16-6-2-3-12-4-13-6/h2-4H,11H2,1H3. The highest BCUT2D eigenvalue weighted by Crippen LogP contribution is 2.30.